The summed E-state index contributed by atoms with van der Waals surface area (Å²) in [6.45, 7) is 1.99. The molecule has 1 atom stereocenters. The first kappa shape index (κ1) is 19.5. The van der Waals surface area contributed by atoms with Crippen LogP contribution < -0.4 is 15.4 Å². The van der Waals surface area contributed by atoms with Gasteiger partial charge < -0.3 is 10.5 Å². The number of carbonyl (C=O) groups is 2. The van der Waals surface area contributed by atoms with Gasteiger partial charge >= 0.3 is 0 Å². The number of thioether (sulfide) groups is 1. The minimum atomic E-state index is -0.859. The summed E-state index contributed by atoms with van der Waals surface area (Å²) in [5.41, 5.74) is 7.79. The van der Waals surface area contributed by atoms with E-state index in [2.05, 4.69) is 0 Å². The number of methoxy groups -OCH3 is 1. The van der Waals surface area contributed by atoms with E-state index in [0.717, 1.165) is 11.1 Å². The monoisotopic (exact) mass is 393 g/mol. The number of primary amides is 1. The number of anilines is 1. The predicted molar refractivity (Wildman–Crippen MR) is 109 cm³/mol. The lowest BCUT2D eigenvalue weighted by Gasteiger charge is -2.19. The Kier molecular flexibility index (Phi) is 5.71. The van der Waals surface area contributed by atoms with Crippen molar-refractivity contribution >= 4 is 29.3 Å². The largest absolute Gasteiger partial charge is 0.497 e. The van der Waals surface area contributed by atoms with E-state index in [1.807, 2.05) is 37.3 Å². The van der Waals surface area contributed by atoms with Gasteiger partial charge in [0.2, 0.25) is 5.91 Å². The lowest BCUT2D eigenvalue weighted by atomic mass is 10.1. The maximum atomic E-state index is 13.2. The minimum Gasteiger partial charge on any atom is -0.497 e. The van der Waals surface area contributed by atoms with Crippen molar-refractivity contribution in [1.82, 2.24) is 0 Å². The molecule has 2 aromatic rings. The average Bonchev–Trinajstić information content (AvgIpc) is 2.98. The molecule has 2 N–H and O–H groups in total. The standard InChI is InChI=1S/C21H19N3O3S/c1-13-5-3-6-14(9-13)10-18-20(26)24(15-7-4-8-16(11-15)27-2)21(28-18)17(12-22)19(23)25/h3-9,11,18H,10H2,1-2H3,(H2,23,25). The van der Waals surface area contributed by atoms with Crippen molar-refractivity contribution in [2.24, 2.45) is 5.73 Å². The third-order valence-electron chi connectivity index (χ3n) is 4.34. The molecule has 0 bridgehead atoms. The van der Waals surface area contributed by atoms with Gasteiger partial charge in [-0.25, -0.2) is 0 Å². The summed E-state index contributed by atoms with van der Waals surface area (Å²) >= 11 is 1.19. The number of amides is 2. The smallest absolute Gasteiger partial charge is 0.262 e. The van der Waals surface area contributed by atoms with Crippen LogP contribution in [0.2, 0.25) is 0 Å². The molecule has 1 unspecified atom stereocenters. The molecule has 1 heterocycles. The molecule has 1 saturated heterocycles. The van der Waals surface area contributed by atoms with Gasteiger partial charge in [-0.15, -0.1) is 0 Å². The molecular formula is C21H19N3O3S. The van der Waals surface area contributed by atoms with E-state index in [4.69, 9.17) is 10.5 Å². The molecule has 28 heavy (non-hydrogen) atoms. The predicted octanol–water partition coefficient (Wildman–Crippen LogP) is 2.92. The number of nitrogens with two attached hydrogens (primary N) is 1. The molecule has 1 aliphatic heterocycles. The average molecular weight is 393 g/mol. The third kappa shape index (κ3) is 3.87. The summed E-state index contributed by atoms with van der Waals surface area (Å²) in [5, 5.41) is 9.22. The third-order valence-corrected chi connectivity index (χ3v) is 5.60. The topological polar surface area (TPSA) is 96.4 Å². The number of aryl methyl sites for hydroxylation is 1. The fourth-order valence-corrected chi connectivity index (χ4v) is 4.35. The van der Waals surface area contributed by atoms with Crippen molar-refractivity contribution in [3.63, 3.8) is 0 Å². The van der Waals surface area contributed by atoms with Crippen molar-refractivity contribution in [2.45, 2.75) is 18.6 Å². The Labute approximate surface area is 167 Å². The van der Waals surface area contributed by atoms with Gasteiger partial charge in [0.05, 0.1) is 18.0 Å². The number of benzene rings is 2. The highest BCUT2D eigenvalue weighted by Crippen LogP contribution is 2.42. The normalized spacial score (nSPS) is 18.0. The van der Waals surface area contributed by atoms with Gasteiger partial charge in [-0.05, 0) is 31.0 Å². The Morgan fingerprint density at radius 1 is 1.29 bits per heavy atom. The van der Waals surface area contributed by atoms with Crippen LogP contribution in [0.15, 0.2) is 59.1 Å². The second-order valence-corrected chi connectivity index (χ2v) is 7.52. The van der Waals surface area contributed by atoms with Crippen LogP contribution in [0.1, 0.15) is 11.1 Å². The number of rotatable bonds is 5. The Hall–Kier alpha value is -3.24. The SMILES string of the molecule is COc1cccc(N2C(=O)C(Cc3cccc(C)c3)SC2=C(C#N)C(N)=O)c1. The van der Waals surface area contributed by atoms with E-state index in [-0.39, 0.29) is 16.5 Å². The Balaban J connectivity index is 2.05. The zero-order chi connectivity index (χ0) is 20.3. The number of carbonyl (C=O) groups excluding carboxylic acids is 2. The molecule has 1 aliphatic rings. The van der Waals surface area contributed by atoms with Crippen molar-refractivity contribution < 1.29 is 14.3 Å². The first-order valence-electron chi connectivity index (χ1n) is 8.59. The van der Waals surface area contributed by atoms with Crippen LogP contribution in [-0.4, -0.2) is 24.2 Å². The number of nitrogens with zero attached hydrogens (tertiary/aromatic N) is 2. The number of hydrogen-bond donors (Lipinski definition) is 1. The van der Waals surface area contributed by atoms with Crippen LogP contribution in [0.3, 0.4) is 0 Å². The lowest BCUT2D eigenvalue weighted by Crippen LogP contribution is -2.31. The van der Waals surface area contributed by atoms with Gasteiger partial charge in [0.15, 0.2) is 0 Å². The molecule has 0 saturated carbocycles. The first-order chi connectivity index (χ1) is 13.4. The van der Waals surface area contributed by atoms with Crippen molar-refractivity contribution in [3.8, 4) is 11.8 Å². The van der Waals surface area contributed by atoms with E-state index in [1.54, 1.807) is 24.3 Å². The van der Waals surface area contributed by atoms with Crippen LogP contribution in [0.4, 0.5) is 5.69 Å². The second-order valence-electron chi connectivity index (χ2n) is 6.33. The molecule has 6 nitrogen and oxygen atoms in total. The van der Waals surface area contributed by atoms with Gasteiger partial charge in [-0.1, -0.05) is 47.7 Å². The molecule has 3 rings (SSSR count). The highest BCUT2D eigenvalue weighted by Gasteiger charge is 2.40. The number of nitriles is 1. The maximum Gasteiger partial charge on any atom is 0.262 e. The molecule has 0 spiro atoms. The number of hydrogen-bond acceptors (Lipinski definition) is 5. The van der Waals surface area contributed by atoms with Crippen molar-refractivity contribution in [3.05, 3.63) is 70.3 Å². The summed E-state index contributed by atoms with van der Waals surface area (Å²) in [7, 11) is 1.53. The fraction of sp³-hybridized carbons (Fsp3) is 0.190. The minimum absolute atomic E-state index is 0.205. The Morgan fingerprint density at radius 2 is 2.04 bits per heavy atom. The quantitative estimate of drug-likeness (QED) is 0.622. The van der Waals surface area contributed by atoms with E-state index in [9.17, 15) is 14.9 Å². The van der Waals surface area contributed by atoms with Gasteiger partial charge in [-0.3, -0.25) is 14.5 Å². The molecule has 0 aromatic heterocycles. The van der Waals surface area contributed by atoms with Gasteiger partial charge in [0, 0.05) is 6.07 Å². The van der Waals surface area contributed by atoms with Crippen molar-refractivity contribution in [1.29, 1.82) is 5.26 Å². The zero-order valence-electron chi connectivity index (χ0n) is 15.5. The molecule has 7 heteroatoms. The summed E-state index contributed by atoms with van der Waals surface area (Å²) in [5.74, 6) is -0.500. The van der Waals surface area contributed by atoms with Crippen LogP contribution in [-0.2, 0) is 16.0 Å². The van der Waals surface area contributed by atoms with E-state index in [1.165, 1.54) is 23.8 Å². The van der Waals surface area contributed by atoms with Gasteiger partial charge in [-0.2, -0.15) is 5.26 Å². The second kappa shape index (κ2) is 8.19. The summed E-state index contributed by atoms with van der Waals surface area (Å²) in [6, 6.07) is 16.7. The molecule has 0 radical (unpaired) electrons. The molecular weight excluding hydrogens is 374 g/mol. The molecule has 142 valence electrons. The fourth-order valence-electron chi connectivity index (χ4n) is 3.04. The molecule has 2 amide bonds. The van der Waals surface area contributed by atoms with Crippen LogP contribution >= 0.6 is 11.8 Å². The highest BCUT2D eigenvalue weighted by molar-refractivity contribution is 8.05. The van der Waals surface area contributed by atoms with Gasteiger partial charge in [0.1, 0.15) is 22.4 Å². The van der Waals surface area contributed by atoms with Crippen LogP contribution in [0.25, 0.3) is 0 Å². The lowest BCUT2D eigenvalue weighted by molar-refractivity contribution is -0.117. The highest BCUT2D eigenvalue weighted by atomic mass is 32.2. The van der Waals surface area contributed by atoms with E-state index < -0.39 is 11.2 Å². The maximum absolute atomic E-state index is 13.2. The van der Waals surface area contributed by atoms with E-state index >= 15 is 0 Å². The van der Waals surface area contributed by atoms with Gasteiger partial charge in [0.25, 0.3) is 5.91 Å². The van der Waals surface area contributed by atoms with Crippen LogP contribution in [0.5, 0.6) is 5.75 Å². The summed E-state index contributed by atoms with van der Waals surface area (Å²) < 4.78 is 5.24. The van der Waals surface area contributed by atoms with Crippen molar-refractivity contribution in [2.75, 3.05) is 12.0 Å². The zero-order valence-corrected chi connectivity index (χ0v) is 16.3. The van der Waals surface area contributed by atoms with Crippen LogP contribution in [0, 0.1) is 18.3 Å². The molecule has 1 fully saturated rings. The Morgan fingerprint density at radius 3 is 2.68 bits per heavy atom. The first-order valence-corrected chi connectivity index (χ1v) is 9.47. The molecule has 2 aromatic carbocycles. The molecule has 0 aliphatic carbocycles. The Bertz CT molecular complexity index is 1010. The summed E-state index contributed by atoms with van der Waals surface area (Å²) in [4.78, 5) is 26.4. The summed E-state index contributed by atoms with van der Waals surface area (Å²) in [6.07, 6.45) is 0.479. The number of ether oxygens (including phenoxy) is 1. The van der Waals surface area contributed by atoms with E-state index in [0.29, 0.717) is 17.9 Å².